The number of aryl methyl sites for hydroxylation is 1. The number of carboxylic acids is 1. The molecule has 1 aliphatic heterocycles. The van der Waals surface area contributed by atoms with Crippen molar-refractivity contribution in [1.29, 1.82) is 0 Å². The van der Waals surface area contributed by atoms with Crippen LogP contribution in [0.3, 0.4) is 0 Å². The van der Waals surface area contributed by atoms with E-state index in [2.05, 4.69) is 59.5 Å². The number of carbonyl (C=O) groups is 1. The van der Waals surface area contributed by atoms with Crippen LogP contribution in [0.4, 0.5) is 5.69 Å². The van der Waals surface area contributed by atoms with Gasteiger partial charge >= 0.3 is 5.97 Å². The minimum atomic E-state index is -0.774. The molecule has 0 spiro atoms. The number of rotatable bonds is 8. The quantitative estimate of drug-likeness (QED) is 0.515. The van der Waals surface area contributed by atoms with Crippen LogP contribution in [-0.2, 0) is 17.8 Å². The Hall–Kier alpha value is -3.27. The summed E-state index contributed by atoms with van der Waals surface area (Å²) < 4.78 is 5.96. The first-order chi connectivity index (χ1) is 15.2. The van der Waals surface area contributed by atoms with Gasteiger partial charge in [0.2, 0.25) is 0 Å². The highest BCUT2D eigenvalue weighted by Crippen LogP contribution is 2.30. The molecule has 1 aliphatic rings. The number of aliphatic carboxylic acids is 1. The first-order valence-electron chi connectivity index (χ1n) is 11.0. The van der Waals surface area contributed by atoms with Crippen molar-refractivity contribution in [2.75, 3.05) is 18.0 Å². The zero-order valence-corrected chi connectivity index (χ0v) is 17.7. The first-order valence-corrected chi connectivity index (χ1v) is 11.0. The number of hydrogen-bond acceptors (Lipinski definition) is 3. The molecule has 0 amide bonds. The lowest BCUT2D eigenvalue weighted by molar-refractivity contribution is -0.136. The zero-order valence-electron chi connectivity index (χ0n) is 17.7. The lowest BCUT2D eigenvalue weighted by Crippen LogP contribution is -2.32. The normalized spacial score (nSPS) is 14.4. The summed E-state index contributed by atoms with van der Waals surface area (Å²) >= 11 is 0. The van der Waals surface area contributed by atoms with E-state index in [1.165, 1.54) is 24.1 Å². The molecule has 3 aromatic carbocycles. The SMILES string of the molecule is O=C(O)CCc1ccc(OCc2cccc(N3CCC(c4ccccc4)CC3)c2)cc1. The summed E-state index contributed by atoms with van der Waals surface area (Å²) in [6, 6.07) is 27.2. The van der Waals surface area contributed by atoms with Gasteiger partial charge in [-0.1, -0.05) is 54.6 Å². The van der Waals surface area contributed by atoms with E-state index in [0.717, 1.165) is 30.0 Å². The van der Waals surface area contributed by atoms with E-state index in [9.17, 15) is 4.79 Å². The molecule has 3 aromatic rings. The fraction of sp³-hybridized carbons (Fsp3) is 0.296. The molecule has 1 heterocycles. The predicted molar refractivity (Wildman–Crippen MR) is 124 cm³/mol. The fourth-order valence-corrected chi connectivity index (χ4v) is 4.21. The van der Waals surface area contributed by atoms with Crippen molar-refractivity contribution >= 4 is 11.7 Å². The van der Waals surface area contributed by atoms with E-state index in [-0.39, 0.29) is 6.42 Å². The minimum Gasteiger partial charge on any atom is -0.489 e. The summed E-state index contributed by atoms with van der Waals surface area (Å²) in [5.74, 6) is 0.681. The molecular formula is C27H29NO3. The molecule has 1 N–H and O–H groups in total. The topological polar surface area (TPSA) is 49.8 Å². The minimum absolute atomic E-state index is 0.148. The molecular weight excluding hydrogens is 386 g/mol. The molecule has 0 aliphatic carbocycles. The molecule has 0 aromatic heterocycles. The molecule has 0 bridgehead atoms. The number of carboxylic acid groups (broad SMARTS) is 1. The molecule has 4 rings (SSSR count). The molecule has 4 heteroatoms. The summed E-state index contributed by atoms with van der Waals surface area (Å²) in [7, 11) is 0. The van der Waals surface area contributed by atoms with Crippen molar-refractivity contribution < 1.29 is 14.6 Å². The lowest BCUT2D eigenvalue weighted by Gasteiger charge is -2.34. The van der Waals surface area contributed by atoms with E-state index >= 15 is 0 Å². The number of hydrogen-bond donors (Lipinski definition) is 1. The third-order valence-corrected chi connectivity index (χ3v) is 6.00. The van der Waals surface area contributed by atoms with Gasteiger partial charge in [-0.2, -0.15) is 0 Å². The Bertz CT molecular complexity index is 977. The van der Waals surface area contributed by atoms with E-state index in [0.29, 0.717) is 18.9 Å². The number of benzene rings is 3. The largest absolute Gasteiger partial charge is 0.489 e. The Morgan fingerprint density at radius 2 is 1.65 bits per heavy atom. The Labute approximate surface area is 184 Å². The maximum Gasteiger partial charge on any atom is 0.303 e. The molecule has 31 heavy (non-hydrogen) atoms. The zero-order chi connectivity index (χ0) is 21.5. The Morgan fingerprint density at radius 1 is 0.903 bits per heavy atom. The van der Waals surface area contributed by atoms with Gasteiger partial charge in [0, 0.05) is 25.2 Å². The second kappa shape index (κ2) is 10.2. The van der Waals surface area contributed by atoms with Crippen LogP contribution in [0.2, 0.25) is 0 Å². The summed E-state index contributed by atoms with van der Waals surface area (Å²) in [5, 5.41) is 8.79. The maximum absolute atomic E-state index is 10.7. The van der Waals surface area contributed by atoms with Gasteiger partial charge in [0.25, 0.3) is 0 Å². The van der Waals surface area contributed by atoms with Crippen LogP contribution in [0, 0.1) is 0 Å². The van der Waals surface area contributed by atoms with Gasteiger partial charge in [-0.05, 0) is 66.1 Å². The standard InChI is InChI=1S/C27H29NO3/c29-27(30)14-11-21-9-12-26(13-10-21)31-20-22-5-4-8-25(19-22)28-17-15-24(16-18-28)23-6-2-1-3-7-23/h1-10,12-13,19,24H,11,14-18,20H2,(H,29,30). The summed E-state index contributed by atoms with van der Waals surface area (Å²) in [6.45, 7) is 2.66. The van der Waals surface area contributed by atoms with Crippen LogP contribution in [-0.4, -0.2) is 24.2 Å². The first kappa shape index (κ1) is 21.0. The van der Waals surface area contributed by atoms with Crippen molar-refractivity contribution in [2.24, 2.45) is 0 Å². The van der Waals surface area contributed by atoms with Gasteiger partial charge in [0.1, 0.15) is 12.4 Å². The third-order valence-electron chi connectivity index (χ3n) is 6.00. The predicted octanol–water partition coefficient (Wildman–Crippen LogP) is 5.67. The Morgan fingerprint density at radius 3 is 2.35 bits per heavy atom. The molecule has 0 radical (unpaired) electrons. The van der Waals surface area contributed by atoms with Crippen molar-refractivity contribution in [3.8, 4) is 5.75 Å². The Kier molecular flexibility index (Phi) is 6.88. The van der Waals surface area contributed by atoms with E-state index in [4.69, 9.17) is 9.84 Å². The second-order valence-corrected chi connectivity index (χ2v) is 8.17. The van der Waals surface area contributed by atoms with Crippen LogP contribution in [0.25, 0.3) is 0 Å². The van der Waals surface area contributed by atoms with Crippen molar-refractivity contribution in [2.45, 2.75) is 38.2 Å². The van der Waals surface area contributed by atoms with Crippen molar-refractivity contribution in [3.05, 3.63) is 95.6 Å². The summed E-state index contributed by atoms with van der Waals surface area (Å²) in [4.78, 5) is 13.2. The molecule has 1 fully saturated rings. The number of piperidine rings is 1. The highest BCUT2D eigenvalue weighted by Gasteiger charge is 2.20. The maximum atomic E-state index is 10.7. The molecule has 0 atom stereocenters. The summed E-state index contributed by atoms with van der Waals surface area (Å²) in [5.41, 5.74) is 4.88. The average Bonchev–Trinajstić information content (AvgIpc) is 2.83. The van der Waals surface area contributed by atoms with Crippen LogP contribution in [0.1, 0.15) is 41.9 Å². The molecule has 0 saturated carbocycles. The monoisotopic (exact) mass is 415 g/mol. The highest BCUT2D eigenvalue weighted by molar-refractivity contribution is 5.67. The molecule has 0 unspecified atom stereocenters. The van der Waals surface area contributed by atoms with Crippen molar-refractivity contribution in [3.63, 3.8) is 0 Å². The van der Waals surface area contributed by atoms with Gasteiger partial charge in [0.05, 0.1) is 0 Å². The Balaban J connectivity index is 1.30. The molecule has 160 valence electrons. The van der Waals surface area contributed by atoms with Gasteiger partial charge in [-0.25, -0.2) is 0 Å². The molecule has 4 nitrogen and oxygen atoms in total. The molecule has 1 saturated heterocycles. The van der Waals surface area contributed by atoms with Crippen LogP contribution >= 0.6 is 0 Å². The van der Waals surface area contributed by atoms with Crippen molar-refractivity contribution in [1.82, 2.24) is 0 Å². The fourth-order valence-electron chi connectivity index (χ4n) is 4.21. The van der Waals surface area contributed by atoms with Gasteiger partial charge in [-0.3, -0.25) is 4.79 Å². The van der Waals surface area contributed by atoms with Gasteiger partial charge in [0.15, 0.2) is 0 Å². The average molecular weight is 416 g/mol. The number of ether oxygens (including phenoxy) is 1. The van der Waals surface area contributed by atoms with E-state index < -0.39 is 5.97 Å². The third kappa shape index (κ3) is 5.88. The van der Waals surface area contributed by atoms with Crippen LogP contribution in [0.15, 0.2) is 78.9 Å². The van der Waals surface area contributed by atoms with Crippen LogP contribution < -0.4 is 9.64 Å². The van der Waals surface area contributed by atoms with Gasteiger partial charge < -0.3 is 14.7 Å². The highest BCUT2D eigenvalue weighted by atomic mass is 16.5. The smallest absolute Gasteiger partial charge is 0.303 e. The lowest BCUT2D eigenvalue weighted by atomic mass is 9.89. The summed E-state index contributed by atoms with van der Waals surface area (Å²) in [6.07, 6.45) is 3.05. The van der Waals surface area contributed by atoms with Gasteiger partial charge in [-0.15, -0.1) is 0 Å². The number of nitrogens with zero attached hydrogens (tertiary/aromatic N) is 1. The number of anilines is 1. The van der Waals surface area contributed by atoms with E-state index in [1.54, 1.807) is 0 Å². The van der Waals surface area contributed by atoms with Crippen LogP contribution in [0.5, 0.6) is 5.75 Å². The second-order valence-electron chi connectivity index (χ2n) is 8.17. The van der Waals surface area contributed by atoms with E-state index in [1.807, 2.05) is 24.3 Å².